The van der Waals surface area contributed by atoms with E-state index in [-0.39, 0.29) is 28.9 Å². The Labute approximate surface area is 129 Å². The summed E-state index contributed by atoms with van der Waals surface area (Å²) >= 11 is 0.940. The number of aromatic nitrogens is 2. The van der Waals surface area contributed by atoms with Gasteiger partial charge in [0.05, 0.1) is 11.5 Å². The molecule has 8 heteroatoms. The first-order valence-electron chi connectivity index (χ1n) is 6.32. The van der Waals surface area contributed by atoms with Gasteiger partial charge < -0.3 is 9.47 Å². The van der Waals surface area contributed by atoms with Crippen LogP contribution in [0.4, 0.5) is 13.2 Å². The van der Waals surface area contributed by atoms with Crippen LogP contribution >= 0.6 is 11.8 Å². The first-order valence-corrected chi connectivity index (χ1v) is 7.54. The second kappa shape index (κ2) is 6.87. The molecule has 0 unspecified atom stereocenters. The van der Waals surface area contributed by atoms with Crippen molar-refractivity contribution in [3.8, 4) is 17.4 Å². The Hall–Kier alpha value is -1.96. The van der Waals surface area contributed by atoms with Crippen molar-refractivity contribution in [2.45, 2.75) is 18.0 Å². The van der Waals surface area contributed by atoms with Gasteiger partial charge in [0.1, 0.15) is 23.4 Å². The molecule has 0 atom stereocenters. The number of alkyl halides is 3. The summed E-state index contributed by atoms with van der Waals surface area (Å²) in [6.45, 7) is 1.77. The number of hydrogen-bond acceptors (Lipinski definition) is 5. The van der Waals surface area contributed by atoms with Crippen LogP contribution in [-0.2, 0) is 6.18 Å². The van der Waals surface area contributed by atoms with E-state index in [2.05, 4.69) is 9.97 Å². The molecule has 2 rings (SSSR count). The van der Waals surface area contributed by atoms with Crippen molar-refractivity contribution < 1.29 is 22.6 Å². The van der Waals surface area contributed by atoms with Gasteiger partial charge >= 0.3 is 6.18 Å². The summed E-state index contributed by atoms with van der Waals surface area (Å²) in [6, 6.07) is 4.16. The van der Waals surface area contributed by atoms with Gasteiger partial charge in [-0.3, -0.25) is 0 Å². The number of nitrogens with zero attached hydrogens (tertiary/aromatic N) is 2. The minimum atomic E-state index is -4.55. The Morgan fingerprint density at radius 1 is 1.18 bits per heavy atom. The number of ether oxygens (including phenoxy) is 2. The molecular weight excluding hydrogens is 317 g/mol. The lowest BCUT2D eigenvalue weighted by molar-refractivity contribution is -0.141. The van der Waals surface area contributed by atoms with Gasteiger partial charge in [0.15, 0.2) is 0 Å². The fourth-order valence-electron chi connectivity index (χ4n) is 1.82. The minimum absolute atomic E-state index is 0.0444. The molecule has 0 aliphatic rings. The Morgan fingerprint density at radius 3 is 2.45 bits per heavy atom. The van der Waals surface area contributed by atoms with Crippen molar-refractivity contribution in [1.29, 1.82) is 0 Å². The van der Waals surface area contributed by atoms with E-state index in [0.29, 0.717) is 0 Å². The third-order valence-corrected chi connectivity index (χ3v) is 3.45. The fourth-order valence-corrected chi connectivity index (χ4v) is 2.56. The second-order valence-corrected chi connectivity index (χ2v) is 4.87. The summed E-state index contributed by atoms with van der Waals surface area (Å²) in [6.07, 6.45) is -0.297. The molecule has 118 valence electrons. The molecule has 0 bridgehead atoms. The quantitative estimate of drug-likeness (QED) is 0.760. The minimum Gasteiger partial charge on any atom is -0.493 e. The Kier molecular flexibility index (Phi) is 5.12. The molecule has 22 heavy (non-hydrogen) atoms. The van der Waals surface area contributed by atoms with Crippen molar-refractivity contribution in [2.75, 3.05) is 12.9 Å². The number of hydrogen-bond donors (Lipinski definition) is 0. The molecule has 2 aromatic rings. The van der Waals surface area contributed by atoms with Crippen LogP contribution in [0, 0.1) is 0 Å². The molecule has 0 N–H and O–H groups in total. The van der Waals surface area contributed by atoms with E-state index < -0.39 is 11.7 Å². The van der Waals surface area contributed by atoms with Crippen LogP contribution in [0.25, 0.3) is 0 Å². The maximum atomic E-state index is 13.4. The second-order valence-electron chi connectivity index (χ2n) is 4.05. The van der Waals surface area contributed by atoms with Crippen molar-refractivity contribution in [3.05, 3.63) is 36.3 Å². The van der Waals surface area contributed by atoms with Gasteiger partial charge in [0.25, 0.3) is 0 Å². The SMILES string of the molecule is CCOc1ccc(Oc2ccncn2)c(SC)c1C(F)(F)F. The number of thioether (sulfide) groups is 1. The standard InChI is InChI=1S/C14H13F3N2O2S/c1-3-20-9-4-5-10(21-11-6-7-18-8-19-11)13(22-2)12(9)14(15,16)17/h4-8H,3H2,1-2H3. The third kappa shape index (κ3) is 3.62. The van der Waals surface area contributed by atoms with Gasteiger partial charge in [0.2, 0.25) is 5.88 Å². The average molecular weight is 330 g/mol. The molecule has 0 fully saturated rings. The number of halogens is 3. The van der Waals surface area contributed by atoms with Gasteiger partial charge in [-0.05, 0) is 25.3 Å². The molecule has 1 aromatic carbocycles. The molecule has 0 saturated heterocycles. The predicted molar refractivity (Wildman–Crippen MR) is 76.5 cm³/mol. The molecule has 1 aromatic heterocycles. The Balaban J connectivity index is 2.52. The first kappa shape index (κ1) is 16.4. The maximum Gasteiger partial charge on any atom is 0.421 e. The zero-order chi connectivity index (χ0) is 16.2. The largest absolute Gasteiger partial charge is 0.493 e. The van der Waals surface area contributed by atoms with Crippen LogP contribution in [0.2, 0.25) is 0 Å². The van der Waals surface area contributed by atoms with E-state index in [1.807, 2.05) is 0 Å². The highest BCUT2D eigenvalue weighted by Crippen LogP contribution is 2.46. The van der Waals surface area contributed by atoms with E-state index in [4.69, 9.17) is 9.47 Å². The molecule has 0 spiro atoms. The highest BCUT2D eigenvalue weighted by molar-refractivity contribution is 7.98. The van der Waals surface area contributed by atoms with Crippen LogP contribution in [0.15, 0.2) is 35.6 Å². The maximum absolute atomic E-state index is 13.4. The van der Waals surface area contributed by atoms with E-state index >= 15 is 0 Å². The number of rotatable bonds is 5. The summed E-state index contributed by atoms with van der Waals surface area (Å²) in [5.41, 5.74) is -0.839. The topological polar surface area (TPSA) is 44.2 Å². The third-order valence-electron chi connectivity index (χ3n) is 2.64. The van der Waals surface area contributed by atoms with Crippen LogP contribution in [0.3, 0.4) is 0 Å². The summed E-state index contributed by atoms with van der Waals surface area (Å²) in [5.74, 6) is 0.0268. The predicted octanol–water partition coefficient (Wildman–Crippen LogP) is 4.41. The van der Waals surface area contributed by atoms with E-state index in [1.165, 1.54) is 30.7 Å². The smallest absolute Gasteiger partial charge is 0.421 e. The molecular formula is C14H13F3N2O2S. The zero-order valence-corrected chi connectivity index (χ0v) is 12.7. The molecule has 0 radical (unpaired) electrons. The van der Waals surface area contributed by atoms with Crippen molar-refractivity contribution >= 4 is 11.8 Å². The normalized spacial score (nSPS) is 11.3. The van der Waals surface area contributed by atoms with Crippen LogP contribution in [-0.4, -0.2) is 22.8 Å². The average Bonchev–Trinajstić information content (AvgIpc) is 2.48. The number of benzene rings is 1. The zero-order valence-electron chi connectivity index (χ0n) is 11.8. The van der Waals surface area contributed by atoms with Crippen LogP contribution in [0.1, 0.15) is 12.5 Å². The van der Waals surface area contributed by atoms with Gasteiger partial charge in [-0.1, -0.05) is 0 Å². The summed E-state index contributed by atoms with van der Waals surface area (Å²) in [7, 11) is 0. The van der Waals surface area contributed by atoms with Crippen LogP contribution < -0.4 is 9.47 Å². The summed E-state index contributed by atoms with van der Waals surface area (Å²) in [4.78, 5) is 7.53. The monoisotopic (exact) mass is 330 g/mol. The molecule has 0 saturated carbocycles. The molecule has 0 aliphatic carbocycles. The molecule has 4 nitrogen and oxygen atoms in total. The fraction of sp³-hybridized carbons (Fsp3) is 0.286. The summed E-state index contributed by atoms with van der Waals surface area (Å²) < 4.78 is 50.6. The summed E-state index contributed by atoms with van der Waals surface area (Å²) in [5, 5.41) is 0. The molecule has 0 amide bonds. The molecule has 1 heterocycles. The molecule has 0 aliphatic heterocycles. The lowest BCUT2D eigenvalue weighted by atomic mass is 10.1. The van der Waals surface area contributed by atoms with Crippen molar-refractivity contribution in [2.24, 2.45) is 0 Å². The van der Waals surface area contributed by atoms with Gasteiger partial charge in [-0.15, -0.1) is 11.8 Å². The van der Waals surface area contributed by atoms with E-state index in [9.17, 15) is 13.2 Å². The van der Waals surface area contributed by atoms with E-state index in [1.54, 1.807) is 13.2 Å². The highest BCUT2D eigenvalue weighted by Gasteiger charge is 2.38. The lowest BCUT2D eigenvalue weighted by Crippen LogP contribution is -2.11. The highest BCUT2D eigenvalue weighted by atomic mass is 32.2. The Morgan fingerprint density at radius 2 is 1.91 bits per heavy atom. The van der Waals surface area contributed by atoms with E-state index in [0.717, 1.165) is 11.8 Å². The lowest BCUT2D eigenvalue weighted by Gasteiger charge is -2.19. The van der Waals surface area contributed by atoms with Crippen molar-refractivity contribution in [3.63, 3.8) is 0 Å². The first-order chi connectivity index (χ1) is 10.5. The van der Waals surface area contributed by atoms with Crippen molar-refractivity contribution in [1.82, 2.24) is 9.97 Å². The van der Waals surface area contributed by atoms with Gasteiger partial charge in [0, 0.05) is 12.3 Å². The van der Waals surface area contributed by atoms with Gasteiger partial charge in [-0.2, -0.15) is 13.2 Å². The van der Waals surface area contributed by atoms with Gasteiger partial charge in [-0.25, -0.2) is 9.97 Å². The Bertz CT molecular complexity index is 636. The van der Waals surface area contributed by atoms with Crippen LogP contribution in [0.5, 0.6) is 17.4 Å².